The zero-order valence-corrected chi connectivity index (χ0v) is 12.2. The Bertz CT molecular complexity index is 537. The van der Waals surface area contributed by atoms with E-state index in [1.807, 2.05) is 0 Å². The van der Waals surface area contributed by atoms with Crippen molar-refractivity contribution in [1.82, 2.24) is 4.98 Å². The number of nitrogens with one attached hydrogen (secondary N) is 1. The highest BCUT2D eigenvalue weighted by Crippen LogP contribution is 2.32. The van der Waals surface area contributed by atoms with Crippen molar-refractivity contribution in [1.29, 1.82) is 0 Å². The molecule has 0 bridgehead atoms. The summed E-state index contributed by atoms with van der Waals surface area (Å²) in [5.41, 5.74) is -0.0910. The quantitative estimate of drug-likeness (QED) is 0.628. The lowest BCUT2D eigenvalue weighted by atomic mass is 9.96. The Balaban J connectivity index is 2.00. The van der Waals surface area contributed by atoms with Crippen molar-refractivity contribution in [3.05, 3.63) is 26.9 Å². The van der Waals surface area contributed by atoms with Gasteiger partial charge in [-0.15, -0.1) is 0 Å². The highest BCUT2D eigenvalue weighted by atomic mass is 79.9. The predicted molar refractivity (Wildman–Crippen MR) is 75.5 cm³/mol. The first-order valence-corrected chi connectivity index (χ1v) is 7.05. The van der Waals surface area contributed by atoms with Crippen LogP contribution in [0.4, 0.5) is 11.5 Å². The van der Waals surface area contributed by atoms with Crippen LogP contribution in [0.15, 0.2) is 16.7 Å². The molecule has 2 rings (SSSR count). The minimum Gasteiger partial charge on any atom is -0.481 e. The van der Waals surface area contributed by atoms with E-state index in [0.29, 0.717) is 23.3 Å². The third-order valence-corrected chi connectivity index (χ3v) is 4.15. The third-order valence-electron chi connectivity index (χ3n) is 3.55. The van der Waals surface area contributed by atoms with Crippen LogP contribution in [0.3, 0.4) is 0 Å². The van der Waals surface area contributed by atoms with Gasteiger partial charge in [-0.2, -0.15) is 0 Å². The first-order valence-electron chi connectivity index (χ1n) is 6.25. The summed E-state index contributed by atoms with van der Waals surface area (Å²) in [5, 5.41) is 22.8. The van der Waals surface area contributed by atoms with Crippen molar-refractivity contribution >= 4 is 33.4 Å². The van der Waals surface area contributed by atoms with Gasteiger partial charge in [-0.05, 0) is 34.7 Å². The average Bonchev–Trinajstić information content (AvgIpc) is 2.85. The van der Waals surface area contributed by atoms with Crippen LogP contribution >= 0.6 is 15.9 Å². The third kappa shape index (κ3) is 3.24. The van der Waals surface area contributed by atoms with E-state index in [4.69, 9.17) is 5.11 Å². The molecule has 7 nitrogen and oxygen atoms in total. The highest BCUT2D eigenvalue weighted by molar-refractivity contribution is 9.10. The van der Waals surface area contributed by atoms with Crippen LogP contribution in [-0.4, -0.2) is 27.5 Å². The molecule has 1 heterocycles. The summed E-state index contributed by atoms with van der Waals surface area (Å²) < 4.78 is 0.497. The summed E-state index contributed by atoms with van der Waals surface area (Å²) in [4.78, 5) is 25.2. The van der Waals surface area contributed by atoms with Crippen LogP contribution in [-0.2, 0) is 4.79 Å². The molecular weight excluding hydrogens is 330 g/mol. The fourth-order valence-corrected chi connectivity index (χ4v) is 2.97. The van der Waals surface area contributed by atoms with E-state index in [-0.39, 0.29) is 17.5 Å². The number of carboxylic acid groups (broad SMARTS) is 1. The largest absolute Gasteiger partial charge is 0.481 e. The fraction of sp³-hybridized carbons (Fsp3) is 0.500. The van der Waals surface area contributed by atoms with Gasteiger partial charge >= 0.3 is 5.97 Å². The van der Waals surface area contributed by atoms with E-state index in [1.165, 1.54) is 12.3 Å². The lowest BCUT2D eigenvalue weighted by molar-refractivity contribution is -0.385. The van der Waals surface area contributed by atoms with E-state index in [2.05, 4.69) is 26.2 Å². The molecule has 1 aliphatic rings. The van der Waals surface area contributed by atoms with E-state index >= 15 is 0 Å². The van der Waals surface area contributed by atoms with Gasteiger partial charge in [0.15, 0.2) is 0 Å². The van der Waals surface area contributed by atoms with Gasteiger partial charge in [0.25, 0.3) is 5.69 Å². The van der Waals surface area contributed by atoms with Gasteiger partial charge in [-0.3, -0.25) is 14.9 Å². The Hall–Kier alpha value is -1.70. The summed E-state index contributed by atoms with van der Waals surface area (Å²) in [6, 6.07) is 1.37. The smallest absolute Gasteiger partial charge is 0.306 e. The molecule has 0 aromatic carbocycles. The molecule has 20 heavy (non-hydrogen) atoms. The van der Waals surface area contributed by atoms with Crippen molar-refractivity contribution in [2.75, 3.05) is 11.9 Å². The molecule has 1 aromatic rings. The molecule has 1 fully saturated rings. The van der Waals surface area contributed by atoms with Crippen molar-refractivity contribution in [3.8, 4) is 0 Å². The van der Waals surface area contributed by atoms with Crippen LogP contribution in [0.5, 0.6) is 0 Å². The number of pyridine rings is 1. The second-order valence-electron chi connectivity index (χ2n) is 4.80. The molecule has 0 amide bonds. The van der Waals surface area contributed by atoms with Gasteiger partial charge in [0.1, 0.15) is 12.0 Å². The number of nitro groups is 1. The molecule has 108 valence electrons. The van der Waals surface area contributed by atoms with Gasteiger partial charge in [-0.1, -0.05) is 6.42 Å². The van der Waals surface area contributed by atoms with Crippen LogP contribution in [0.2, 0.25) is 0 Å². The van der Waals surface area contributed by atoms with Crippen LogP contribution in [0, 0.1) is 22.0 Å². The van der Waals surface area contributed by atoms with E-state index < -0.39 is 10.9 Å². The molecule has 8 heteroatoms. The number of carboxylic acids is 1. The fourth-order valence-electron chi connectivity index (χ4n) is 2.49. The number of aromatic nitrogens is 1. The Morgan fingerprint density at radius 2 is 2.35 bits per heavy atom. The maximum absolute atomic E-state index is 11.1. The molecule has 1 aromatic heterocycles. The SMILES string of the molecule is O=C(O)C1CCCC1CNc1ncc([N+](=O)[O-])cc1Br. The molecule has 2 atom stereocenters. The Kier molecular flexibility index (Phi) is 4.53. The maximum atomic E-state index is 11.1. The number of rotatable bonds is 5. The zero-order chi connectivity index (χ0) is 14.7. The average molecular weight is 344 g/mol. The number of halogens is 1. The number of carbonyl (C=O) groups is 1. The highest BCUT2D eigenvalue weighted by Gasteiger charge is 2.32. The van der Waals surface area contributed by atoms with E-state index in [1.54, 1.807) is 0 Å². The molecule has 0 saturated heterocycles. The molecule has 0 radical (unpaired) electrons. The summed E-state index contributed by atoms with van der Waals surface area (Å²) >= 11 is 3.22. The summed E-state index contributed by atoms with van der Waals surface area (Å²) in [6.45, 7) is 0.500. The Labute approximate surface area is 123 Å². The molecule has 2 unspecified atom stereocenters. The molecule has 1 aliphatic carbocycles. The summed E-state index contributed by atoms with van der Waals surface area (Å²) in [7, 11) is 0. The Morgan fingerprint density at radius 1 is 1.60 bits per heavy atom. The van der Waals surface area contributed by atoms with Crippen molar-refractivity contribution in [2.24, 2.45) is 11.8 Å². The Morgan fingerprint density at radius 3 is 2.95 bits per heavy atom. The van der Waals surface area contributed by atoms with Gasteiger partial charge in [0.05, 0.1) is 15.3 Å². The molecular formula is C12H14BrN3O4. The predicted octanol–water partition coefficient (Wildman–Crippen LogP) is 2.67. The number of anilines is 1. The van der Waals surface area contributed by atoms with Gasteiger partial charge in [0.2, 0.25) is 0 Å². The minimum atomic E-state index is -0.759. The topological polar surface area (TPSA) is 105 Å². The molecule has 2 N–H and O–H groups in total. The van der Waals surface area contributed by atoms with Gasteiger partial charge < -0.3 is 10.4 Å². The molecule has 0 spiro atoms. The van der Waals surface area contributed by atoms with Gasteiger partial charge in [-0.25, -0.2) is 4.98 Å². The summed E-state index contributed by atoms with van der Waals surface area (Å²) in [6.07, 6.45) is 3.67. The van der Waals surface area contributed by atoms with Crippen LogP contribution in [0.25, 0.3) is 0 Å². The van der Waals surface area contributed by atoms with Crippen molar-refractivity contribution in [3.63, 3.8) is 0 Å². The number of nitrogens with zero attached hydrogens (tertiary/aromatic N) is 2. The van der Waals surface area contributed by atoms with Crippen LogP contribution in [0.1, 0.15) is 19.3 Å². The van der Waals surface area contributed by atoms with E-state index in [9.17, 15) is 14.9 Å². The second-order valence-corrected chi connectivity index (χ2v) is 5.65. The molecule has 0 aliphatic heterocycles. The van der Waals surface area contributed by atoms with Gasteiger partial charge in [0, 0.05) is 12.6 Å². The second kappa shape index (κ2) is 6.17. The van der Waals surface area contributed by atoms with Crippen molar-refractivity contribution < 1.29 is 14.8 Å². The summed E-state index contributed by atoms with van der Waals surface area (Å²) in [5.74, 6) is -0.521. The lowest BCUT2D eigenvalue weighted by Crippen LogP contribution is -2.24. The number of hydrogen-bond donors (Lipinski definition) is 2. The molecule has 1 saturated carbocycles. The lowest BCUT2D eigenvalue weighted by Gasteiger charge is -2.17. The first-order chi connectivity index (χ1) is 9.49. The van der Waals surface area contributed by atoms with Crippen LogP contribution < -0.4 is 5.32 Å². The monoisotopic (exact) mass is 343 g/mol. The minimum absolute atomic E-state index is 0.0661. The first kappa shape index (κ1) is 14.7. The zero-order valence-electron chi connectivity index (χ0n) is 10.6. The normalized spacial score (nSPS) is 21.6. The van der Waals surface area contributed by atoms with E-state index in [0.717, 1.165) is 12.8 Å². The van der Waals surface area contributed by atoms with Crippen molar-refractivity contribution in [2.45, 2.75) is 19.3 Å². The standard InChI is InChI=1S/C12H14BrN3O4/c13-10-4-8(16(19)20)6-15-11(10)14-5-7-2-1-3-9(7)12(17)18/h4,6-7,9H,1-3,5H2,(H,14,15)(H,17,18). The number of aliphatic carboxylic acids is 1. The maximum Gasteiger partial charge on any atom is 0.306 e. The number of hydrogen-bond acceptors (Lipinski definition) is 5.